The van der Waals surface area contributed by atoms with Crippen LogP contribution in [0.1, 0.15) is 37.7 Å². The van der Waals surface area contributed by atoms with E-state index < -0.39 is 0 Å². The number of nitrogens with zero attached hydrogens (tertiary/aromatic N) is 4. The van der Waals surface area contributed by atoms with Gasteiger partial charge in [-0.05, 0) is 25.8 Å². The third-order valence-corrected chi connectivity index (χ3v) is 4.66. The number of fused-ring (bicyclic) bond motifs is 1. The first kappa shape index (κ1) is 16.6. The molecule has 1 N–H and O–H groups in total. The summed E-state index contributed by atoms with van der Waals surface area (Å²) in [5, 5.41) is 7.84. The summed E-state index contributed by atoms with van der Waals surface area (Å²) in [6.07, 6.45) is 3.46. The van der Waals surface area contributed by atoms with E-state index in [0.717, 1.165) is 43.9 Å². The number of aryl methyl sites for hydroxylation is 1. The maximum Gasteiger partial charge on any atom is 0.244 e. The molecule has 0 aliphatic carbocycles. The van der Waals surface area contributed by atoms with E-state index in [1.165, 1.54) is 0 Å². The minimum absolute atomic E-state index is 0.135. The molecule has 0 unspecified atom stereocenters. The van der Waals surface area contributed by atoms with Crippen LogP contribution in [0.4, 0.5) is 0 Å². The number of hydrogen-bond acceptors (Lipinski definition) is 4. The molecule has 0 saturated heterocycles. The lowest BCUT2D eigenvalue weighted by atomic mass is 10.0. The molecule has 1 aliphatic rings. The van der Waals surface area contributed by atoms with Gasteiger partial charge in [0.05, 0.1) is 6.54 Å². The van der Waals surface area contributed by atoms with Gasteiger partial charge in [0.2, 0.25) is 5.91 Å². The number of carbonyl (C=O) groups excluding carboxylic acids is 1. The van der Waals surface area contributed by atoms with E-state index in [1.54, 1.807) is 6.33 Å². The van der Waals surface area contributed by atoms with Crippen LogP contribution in [0.5, 0.6) is 0 Å². The molecule has 0 spiro atoms. The SMILES string of the molecule is CCN(CC)C(=O)[C@@H](N[C@H]1CCc2ncnn2C1)c1ccccc1. The maximum atomic E-state index is 13.0. The topological polar surface area (TPSA) is 63.1 Å². The monoisotopic (exact) mass is 327 g/mol. The number of nitrogens with one attached hydrogen (secondary N) is 1. The van der Waals surface area contributed by atoms with Gasteiger partial charge in [-0.15, -0.1) is 0 Å². The highest BCUT2D eigenvalue weighted by molar-refractivity contribution is 5.83. The van der Waals surface area contributed by atoms with Crippen molar-refractivity contribution in [2.24, 2.45) is 0 Å². The standard InChI is InChI=1S/C18H25N5O/c1-3-22(4-2)18(24)17(14-8-6-5-7-9-14)21-15-10-11-16-19-13-20-23(16)12-15/h5-9,13,15,17,21H,3-4,10-12H2,1-2H3/t15-,17-/m0/s1. The Balaban J connectivity index is 1.79. The lowest BCUT2D eigenvalue weighted by Crippen LogP contribution is -2.47. The molecule has 1 aromatic carbocycles. The van der Waals surface area contributed by atoms with Crippen LogP contribution < -0.4 is 5.32 Å². The first-order chi connectivity index (χ1) is 11.7. The Bertz CT molecular complexity index is 665. The molecular formula is C18H25N5O. The first-order valence-corrected chi connectivity index (χ1v) is 8.69. The summed E-state index contributed by atoms with van der Waals surface area (Å²) in [5.41, 5.74) is 1.01. The molecule has 0 fully saturated rings. The maximum absolute atomic E-state index is 13.0. The quantitative estimate of drug-likeness (QED) is 0.879. The third-order valence-electron chi connectivity index (χ3n) is 4.66. The highest BCUT2D eigenvalue weighted by Crippen LogP contribution is 2.20. The molecule has 24 heavy (non-hydrogen) atoms. The summed E-state index contributed by atoms with van der Waals surface area (Å²) in [5.74, 6) is 1.16. The number of hydrogen-bond donors (Lipinski definition) is 1. The minimum atomic E-state index is -0.318. The Morgan fingerprint density at radius 2 is 2.08 bits per heavy atom. The summed E-state index contributed by atoms with van der Waals surface area (Å²) in [4.78, 5) is 19.2. The lowest BCUT2D eigenvalue weighted by Gasteiger charge is -2.31. The number of likely N-dealkylation sites (N-methyl/N-ethyl adjacent to an activating group) is 1. The van der Waals surface area contributed by atoms with Crippen LogP contribution in [0.2, 0.25) is 0 Å². The van der Waals surface area contributed by atoms with Gasteiger partial charge >= 0.3 is 0 Å². The van der Waals surface area contributed by atoms with Crippen LogP contribution >= 0.6 is 0 Å². The van der Waals surface area contributed by atoms with Crippen molar-refractivity contribution in [2.75, 3.05) is 13.1 Å². The number of benzene rings is 1. The fourth-order valence-electron chi connectivity index (χ4n) is 3.28. The zero-order valence-electron chi connectivity index (χ0n) is 14.4. The molecule has 0 bridgehead atoms. The molecule has 2 heterocycles. The Morgan fingerprint density at radius 3 is 2.79 bits per heavy atom. The second kappa shape index (κ2) is 7.57. The van der Waals surface area contributed by atoms with E-state index in [9.17, 15) is 4.79 Å². The molecule has 2 aromatic rings. The number of rotatable bonds is 6. The van der Waals surface area contributed by atoms with Crippen LogP contribution in [0.15, 0.2) is 36.7 Å². The highest BCUT2D eigenvalue weighted by Gasteiger charge is 2.29. The Labute approximate surface area is 142 Å². The van der Waals surface area contributed by atoms with E-state index in [0.29, 0.717) is 0 Å². The molecule has 0 saturated carbocycles. The van der Waals surface area contributed by atoms with Crippen molar-refractivity contribution in [3.8, 4) is 0 Å². The smallest absolute Gasteiger partial charge is 0.244 e. The summed E-state index contributed by atoms with van der Waals surface area (Å²) in [6, 6.07) is 9.87. The average molecular weight is 327 g/mol. The zero-order valence-corrected chi connectivity index (χ0v) is 14.4. The van der Waals surface area contributed by atoms with Gasteiger partial charge in [-0.3, -0.25) is 10.1 Å². The molecule has 2 atom stereocenters. The van der Waals surface area contributed by atoms with Gasteiger partial charge in [-0.1, -0.05) is 30.3 Å². The minimum Gasteiger partial charge on any atom is -0.342 e. The zero-order chi connectivity index (χ0) is 16.9. The van der Waals surface area contributed by atoms with Gasteiger partial charge in [-0.2, -0.15) is 5.10 Å². The Kier molecular flexibility index (Phi) is 5.25. The Morgan fingerprint density at radius 1 is 1.33 bits per heavy atom. The van der Waals surface area contributed by atoms with Crippen LogP contribution in [0, 0.1) is 0 Å². The summed E-state index contributed by atoms with van der Waals surface area (Å²) in [6.45, 7) is 6.23. The van der Waals surface area contributed by atoms with E-state index in [2.05, 4.69) is 15.4 Å². The molecule has 1 aromatic heterocycles. The number of aromatic nitrogens is 3. The molecule has 1 aliphatic heterocycles. The third kappa shape index (κ3) is 3.48. The second-order valence-corrected chi connectivity index (χ2v) is 6.11. The van der Waals surface area contributed by atoms with Crippen LogP contribution in [-0.4, -0.2) is 44.7 Å². The van der Waals surface area contributed by atoms with Crippen LogP contribution in [-0.2, 0) is 17.8 Å². The summed E-state index contributed by atoms with van der Waals surface area (Å²) >= 11 is 0. The van der Waals surface area contributed by atoms with Crippen LogP contribution in [0.25, 0.3) is 0 Å². The Hall–Kier alpha value is -2.21. The van der Waals surface area contributed by atoms with E-state index in [1.807, 2.05) is 53.8 Å². The van der Waals surface area contributed by atoms with E-state index in [4.69, 9.17) is 0 Å². The lowest BCUT2D eigenvalue weighted by molar-refractivity contribution is -0.133. The highest BCUT2D eigenvalue weighted by atomic mass is 16.2. The van der Waals surface area contributed by atoms with E-state index in [-0.39, 0.29) is 18.0 Å². The van der Waals surface area contributed by atoms with Crippen molar-refractivity contribution in [1.82, 2.24) is 25.0 Å². The van der Waals surface area contributed by atoms with Gasteiger partial charge in [0, 0.05) is 25.6 Å². The van der Waals surface area contributed by atoms with Gasteiger partial charge in [0.1, 0.15) is 18.2 Å². The largest absolute Gasteiger partial charge is 0.342 e. The second-order valence-electron chi connectivity index (χ2n) is 6.11. The number of carbonyl (C=O) groups is 1. The normalized spacial score (nSPS) is 18.0. The van der Waals surface area contributed by atoms with Crippen molar-refractivity contribution >= 4 is 5.91 Å². The molecule has 6 nitrogen and oxygen atoms in total. The summed E-state index contributed by atoms with van der Waals surface area (Å²) in [7, 11) is 0. The van der Waals surface area contributed by atoms with Crippen molar-refractivity contribution in [3.63, 3.8) is 0 Å². The fourth-order valence-corrected chi connectivity index (χ4v) is 3.28. The van der Waals surface area contributed by atoms with Crippen molar-refractivity contribution < 1.29 is 4.79 Å². The van der Waals surface area contributed by atoms with Crippen LogP contribution in [0.3, 0.4) is 0 Å². The molecule has 1 amide bonds. The fraction of sp³-hybridized carbons (Fsp3) is 0.500. The molecule has 6 heteroatoms. The predicted octanol–water partition coefficient (Wildman–Crippen LogP) is 1.79. The van der Waals surface area contributed by atoms with Gasteiger partial charge in [0.15, 0.2) is 0 Å². The van der Waals surface area contributed by atoms with Gasteiger partial charge < -0.3 is 4.90 Å². The average Bonchev–Trinajstić information content (AvgIpc) is 3.09. The number of amides is 1. The van der Waals surface area contributed by atoms with Crippen molar-refractivity contribution in [2.45, 2.75) is 45.3 Å². The molecular weight excluding hydrogens is 302 g/mol. The van der Waals surface area contributed by atoms with Gasteiger partial charge in [-0.25, -0.2) is 9.67 Å². The molecule has 0 radical (unpaired) electrons. The van der Waals surface area contributed by atoms with Gasteiger partial charge in [0.25, 0.3) is 0 Å². The van der Waals surface area contributed by atoms with E-state index >= 15 is 0 Å². The summed E-state index contributed by atoms with van der Waals surface area (Å²) < 4.78 is 1.94. The van der Waals surface area contributed by atoms with Crippen molar-refractivity contribution in [3.05, 3.63) is 48.0 Å². The predicted molar refractivity (Wildman–Crippen MR) is 92.4 cm³/mol. The molecule has 3 rings (SSSR count). The van der Waals surface area contributed by atoms with Crippen molar-refractivity contribution in [1.29, 1.82) is 0 Å². The molecule has 128 valence electrons. The first-order valence-electron chi connectivity index (χ1n) is 8.69.